The average molecular weight is 376 g/mol. The maximum absolute atomic E-state index is 11.7. The van der Waals surface area contributed by atoms with E-state index in [4.69, 9.17) is 15.2 Å². The van der Waals surface area contributed by atoms with Gasteiger partial charge in [-0.25, -0.2) is 15.6 Å². The number of nitrogens with zero attached hydrogens (tertiary/aromatic N) is 1. The number of allylic oxidation sites excluding steroid dienone is 1. The fourth-order valence-electron chi connectivity index (χ4n) is 3.98. The third-order valence-electron chi connectivity index (χ3n) is 5.30. The van der Waals surface area contributed by atoms with Gasteiger partial charge in [-0.1, -0.05) is 42.5 Å². The molecule has 2 aliphatic rings. The van der Waals surface area contributed by atoms with E-state index in [1.54, 1.807) is 12.1 Å². The van der Waals surface area contributed by atoms with Crippen molar-refractivity contribution in [1.82, 2.24) is 10.9 Å². The Morgan fingerprint density at radius 2 is 1.82 bits per heavy atom. The van der Waals surface area contributed by atoms with Gasteiger partial charge in [-0.05, 0) is 23.3 Å². The molecule has 4 rings (SSSR count). The molecule has 0 aromatic heterocycles. The predicted octanol–water partition coefficient (Wildman–Crippen LogP) is 2.07. The minimum atomic E-state index is -0.404. The Labute approximate surface area is 162 Å². The van der Waals surface area contributed by atoms with Crippen LogP contribution in [-0.2, 0) is 9.47 Å². The number of fused-ring (bicyclic) bond motifs is 1. The smallest absolute Gasteiger partial charge is 0.337 e. The molecule has 28 heavy (non-hydrogen) atoms. The Bertz CT molecular complexity index is 950. The lowest BCUT2D eigenvalue weighted by atomic mass is 9.74. The number of nitriles is 1. The zero-order chi connectivity index (χ0) is 19.7. The van der Waals surface area contributed by atoms with Gasteiger partial charge in [0.15, 0.2) is 6.23 Å². The number of benzene rings is 2. The van der Waals surface area contributed by atoms with Crippen molar-refractivity contribution < 1.29 is 14.3 Å². The highest BCUT2D eigenvalue weighted by atomic mass is 16.5. The summed E-state index contributed by atoms with van der Waals surface area (Å²) in [6.07, 6.45) is -0.382. The minimum Gasteiger partial charge on any atom is -0.465 e. The number of hydrogen-bond donors (Lipinski definition) is 3. The molecule has 0 amide bonds. The second-order valence-corrected chi connectivity index (χ2v) is 6.77. The summed E-state index contributed by atoms with van der Waals surface area (Å²) in [5.74, 6) is -0.677. The van der Waals surface area contributed by atoms with Crippen LogP contribution in [0.1, 0.15) is 33.4 Å². The Morgan fingerprint density at radius 1 is 1.11 bits per heavy atom. The summed E-state index contributed by atoms with van der Waals surface area (Å²) in [6.45, 7) is 0. The van der Waals surface area contributed by atoms with Gasteiger partial charge in [0.2, 0.25) is 5.88 Å². The van der Waals surface area contributed by atoms with Crippen LogP contribution in [0.4, 0.5) is 0 Å². The van der Waals surface area contributed by atoms with Crippen LogP contribution >= 0.6 is 0 Å². The number of rotatable bonds is 3. The van der Waals surface area contributed by atoms with E-state index in [0.29, 0.717) is 11.1 Å². The van der Waals surface area contributed by atoms with Crippen LogP contribution in [-0.4, -0.2) is 19.3 Å². The van der Waals surface area contributed by atoms with Gasteiger partial charge in [0.25, 0.3) is 0 Å². The molecule has 0 aliphatic carbocycles. The molecule has 7 nitrogen and oxygen atoms in total. The van der Waals surface area contributed by atoms with Gasteiger partial charge in [-0.2, -0.15) is 5.26 Å². The lowest BCUT2D eigenvalue weighted by Gasteiger charge is -2.36. The summed E-state index contributed by atoms with van der Waals surface area (Å²) >= 11 is 0. The SMILES string of the molecule is COC(=O)c1ccc(C2C(C#N)=C(N)OC3NNC(c4ccccc4)C32)cc1. The molecule has 0 bridgehead atoms. The molecule has 0 radical (unpaired) electrons. The van der Waals surface area contributed by atoms with Crippen molar-refractivity contribution in [3.8, 4) is 6.07 Å². The molecule has 4 atom stereocenters. The summed E-state index contributed by atoms with van der Waals surface area (Å²) in [7, 11) is 1.34. The molecule has 2 aliphatic heterocycles. The molecule has 2 aromatic rings. The fourth-order valence-corrected chi connectivity index (χ4v) is 3.98. The second kappa shape index (κ2) is 7.35. The lowest BCUT2D eigenvalue weighted by Crippen LogP contribution is -2.41. The van der Waals surface area contributed by atoms with Gasteiger partial charge < -0.3 is 15.2 Å². The molecule has 2 heterocycles. The van der Waals surface area contributed by atoms with Gasteiger partial charge in [0.1, 0.15) is 6.07 Å². The summed E-state index contributed by atoms with van der Waals surface area (Å²) in [6, 6.07) is 19.2. The third-order valence-corrected chi connectivity index (χ3v) is 5.30. The molecule has 7 heteroatoms. The van der Waals surface area contributed by atoms with E-state index in [-0.39, 0.29) is 30.0 Å². The van der Waals surface area contributed by atoms with E-state index < -0.39 is 5.97 Å². The Balaban J connectivity index is 1.77. The largest absolute Gasteiger partial charge is 0.465 e. The van der Waals surface area contributed by atoms with Crippen molar-refractivity contribution in [2.75, 3.05) is 7.11 Å². The summed E-state index contributed by atoms with van der Waals surface area (Å²) in [5, 5.41) is 9.77. The van der Waals surface area contributed by atoms with Crippen molar-refractivity contribution in [1.29, 1.82) is 5.26 Å². The molecule has 2 aromatic carbocycles. The first-order chi connectivity index (χ1) is 13.6. The zero-order valence-corrected chi connectivity index (χ0v) is 15.3. The van der Waals surface area contributed by atoms with Crippen molar-refractivity contribution in [3.63, 3.8) is 0 Å². The number of esters is 1. The normalized spacial score (nSPS) is 26.1. The van der Waals surface area contributed by atoms with Gasteiger partial charge >= 0.3 is 5.97 Å². The minimum absolute atomic E-state index is 0.0760. The van der Waals surface area contributed by atoms with E-state index >= 15 is 0 Å². The molecular formula is C21H20N4O3. The highest BCUT2D eigenvalue weighted by molar-refractivity contribution is 5.89. The Hall–Kier alpha value is -3.34. The Kier molecular flexibility index (Phi) is 4.74. The van der Waals surface area contributed by atoms with Crippen LogP contribution in [0.15, 0.2) is 66.1 Å². The van der Waals surface area contributed by atoms with Crippen LogP contribution in [0, 0.1) is 17.2 Å². The number of nitrogens with two attached hydrogens (primary N) is 1. The van der Waals surface area contributed by atoms with Crippen molar-refractivity contribution in [2.45, 2.75) is 18.2 Å². The van der Waals surface area contributed by atoms with Crippen LogP contribution in [0.25, 0.3) is 0 Å². The van der Waals surface area contributed by atoms with E-state index in [1.807, 2.05) is 42.5 Å². The number of hydrazine groups is 1. The number of methoxy groups -OCH3 is 1. The number of carbonyl (C=O) groups is 1. The first kappa shape index (κ1) is 18.0. The maximum Gasteiger partial charge on any atom is 0.337 e. The standard InChI is InChI=1S/C21H20N4O3/c1-27-21(26)14-9-7-12(8-10-14)16-15(11-22)19(23)28-20-17(16)18(24-25-20)13-5-3-2-4-6-13/h2-10,16-18,20,24-25H,23H2,1H3. The third kappa shape index (κ3) is 2.99. The summed E-state index contributed by atoms with van der Waals surface area (Å²) in [4.78, 5) is 11.7. The first-order valence-electron chi connectivity index (χ1n) is 8.94. The molecule has 142 valence electrons. The topological polar surface area (TPSA) is 109 Å². The number of ether oxygens (including phenoxy) is 2. The average Bonchev–Trinajstić information content (AvgIpc) is 3.16. The second-order valence-electron chi connectivity index (χ2n) is 6.77. The molecule has 4 N–H and O–H groups in total. The summed E-state index contributed by atoms with van der Waals surface area (Å²) in [5.41, 5.74) is 15.3. The predicted molar refractivity (Wildman–Crippen MR) is 101 cm³/mol. The van der Waals surface area contributed by atoms with Crippen molar-refractivity contribution >= 4 is 5.97 Å². The van der Waals surface area contributed by atoms with E-state index in [9.17, 15) is 10.1 Å². The molecule has 1 saturated heterocycles. The van der Waals surface area contributed by atoms with Crippen LogP contribution in [0.3, 0.4) is 0 Å². The van der Waals surface area contributed by atoms with E-state index in [2.05, 4.69) is 16.9 Å². The van der Waals surface area contributed by atoms with Crippen LogP contribution < -0.4 is 16.6 Å². The maximum atomic E-state index is 11.7. The van der Waals surface area contributed by atoms with Crippen molar-refractivity contribution in [3.05, 3.63) is 82.7 Å². The number of hydrogen-bond acceptors (Lipinski definition) is 7. The first-order valence-corrected chi connectivity index (χ1v) is 8.94. The fraction of sp³-hybridized carbons (Fsp3) is 0.238. The summed E-state index contributed by atoms with van der Waals surface area (Å²) < 4.78 is 10.5. The molecule has 1 fully saturated rings. The quantitative estimate of drug-likeness (QED) is 0.704. The zero-order valence-electron chi connectivity index (χ0n) is 15.3. The highest BCUT2D eigenvalue weighted by Crippen LogP contribution is 2.47. The van der Waals surface area contributed by atoms with Crippen LogP contribution in [0.2, 0.25) is 0 Å². The molecular weight excluding hydrogens is 356 g/mol. The number of nitrogens with one attached hydrogen (secondary N) is 2. The Morgan fingerprint density at radius 3 is 2.46 bits per heavy atom. The highest BCUT2D eigenvalue weighted by Gasteiger charge is 2.49. The van der Waals surface area contributed by atoms with E-state index in [0.717, 1.165) is 11.1 Å². The van der Waals surface area contributed by atoms with Gasteiger partial charge in [0, 0.05) is 11.8 Å². The monoisotopic (exact) mass is 376 g/mol. The van der Waals surface area contributed by atoms with Gasteiger partial charge in [0.05, 0.1) is 24.3 Å². The van der Waals surface area contributed by atoms with E-state index in [1.165, 1.54) is 7.11 Å². The molecule has 0 saturated carbocycles. The van der Waals surface area contributed by atoms with Gasteiger partial charge in [-0.3, -0.25) is 0 Å². The number of carbonyl (C=O) groups excluding carboxylic acids is 1. The van der Waals surface area contributed by atoms with Crippen LogP contribution in [0.5, 0.6) is 0 Å². The van der Waals surface area contributed by atoms with Gasteiger partial charge in [-0.15, -0.1) is 0 Å². The lowest BCUT2D eigenvalue weighted by molar-refractivity contribution is 0.0340. The molecule has 0 spiro atoms. The molecule has 4 unspecified atom stereocenters. The van der Waals surface area contributed by atoms with Crippen molar-refractivity contribution in [2.24, 2.45) is 11.7 Å².